The van der Waals surface area contributed by atoms with Gasteiger partial charge in [0, 0.05) is 67.6 Å². The SMILES string of the molecule is CC1(C)C(Oc2ccc(C#N)c(Cl)c2)C(C)(C)C1N1CC2N=C(C#CC3CC(N4CCNCC4)C3)C=CC2C1=O. The molecule has 1 N–H and O–H groups in total. The molecule has 0 bridgehead atoms. The number of hydrogen-bond donors (Lipinski definition) is 1. The quantitative estimate of drug-likeness (QED) is 0.566. The highest BCUT2D eigenvalue weighted by molar-refractivity contribution is 6.31. The first-order valence-electron chi connectivity index (χ1n) is 14.5. The van der Waals surface area contributed by atoms with Crippen molar-refractivity contribution in [2.24, 2.45) is 27.7 Å². The first kappa shape index (κ1) is 27.3. The number of aliphatic imine (C=N–C) groups is 1. The van der Waals surface area contributed by atoms with E-state index in [1.807, 2.05) is 17.1 Å². The molecule has 2 saturated carbocycles. The predicted molar refractivity (Wildman–Crippen MR) is 156 cm³/mol. The van der Waals surface area contributed by atoms with Crippen molar-refractivity contribution in [1.82, 2.24) is 15.1 Å². The Labute approximate surface area is 242 Å². The molecule has 2 saturated heterocycles. The van der Waals surface area contributed by atoms with Gasteiger partial charge in [-0.3, -0.25) is 14.7 Å². The van der Waals surface area contributed by atoms with E-state index in [2.05, 4.69) is 55.8 Å². The minimum Gasteiger partial charge on any atom is -0.489 e. The smallest absolute Gasteiger partial charge is 0.232 e. The van der Waals surface area contributed by atoms with Crippen LogP contribution < -0.4 is 10.1 Å². The van der Waals surface area contributed by atoms with Gasteiger partial charge in [-0.15, -0.1) is 0 Å². The van der Waals surface area contributed by atoms with Crippen LogP contribution in [0.3, 0.4) is 0 Å². The second-order valence-corrected chi connectivity index (χ2v) is 13.5. The van der Waals surface area contributed by atoms with Crippen molar-refractivity contribution < 1.29 is 9.53 Å². The molecule has 1 aromatic carbocycles. The van der Waals surface area contributed by atoms with E-state index < -0.39 is 0 Å². The molecular weight excluding hydrogens is 522 g/mol. The van der Waals surface area contributed by atoms with Crippen molar-refractivity contribution in [1.29, 1.82) is 5.26 Å². The number of dihydropyridines is 1. The Kier molecular flexibility index (Phi) is 6.98. The van der Waals surface area contributed by atoms with Gasteiger partial charge in [-0.25, -0.2) is 0 Å². The highest BCUT2D eigenvalue weighted by Crippen LogP contribution is 2.59. The Morgan fingerprint density at radius 1 is 1.15 bits per heavy atom. The Hall–Kier alpha value is -2.84. The summed E-state index contributed by atoms with van der Waals surface area (Å²) < 4.78 is 6.44. The maximum atomic E-state index is 13.6. The number of amides is 1. The topological polar surface area (TPSA) is 81.0 Å². The number of nitriles is 1. The normalized spacial score (nSPS) is 34.0. The van der Waals surface area contributed by atoms with Crippen molar-refractivity contribution in [2.45, 2.75) is 64.8 Å². The third-order valence-corrected chi connectivity index (χ3v) is 10.0. The van der Waals surface area contributed by atoms with E-state index in [0.29, 0.717) is 34.8 Å². The van der Waals surface area contributed by atoms with Crippen LogP contribution in [0.15, 0.2) is 35.3 Å². The number of carbonyl (C=O) groups is 1. The first-order valence-corrected chi connectivity index (χ1v) is 14.9. The van der Waals surface area contributed by atoms with Crippen LogP contribution in [0.2, 0.25) is 5.02 Å². The maximum absolute atomic E-state index is 13.6. The van der Waals surface area contributed by atoms with Crippen LogP contribution in [0.25, 0.3) is 0 Å². The third kappa shape index (κ3) is 4.63. The van der Waals surface area contributed by atoms with E-state index in [-0.39, 0.29) is 40.8 Å². The molecule has 2 unspecified atom stereocenters. The Balaban J connectivity index is 1.10. The number of nitrogens with zero attached hydrogens (tertiary/aromatic N) is 4. The molecule has 2 aliphatic carbocycles. The number of ether oxygens (including phenoxy) is 1. The molecular formula is C32H38ClN5O2. The fourth-order valence-corrected chi connectivity index (χ4v) is 8.27. The number of hydrogen-bond acceptors (Lipinski definition) is 6. The minimum absolute atomic E-state index is 0.00647. The van der Waals surface area contributed by atoms with Crippen molar-refractivity contribution in [2.75, 3.05) is 32.7 Å². The number of likely N-dealkylation sites (tertiary alicyclic amines) is 1. The van der Waals surface area contributed by atoms with E-state index >= 15 is 0 Å². The minimum atomic E-state index is -0.283. The zero-order valence-electron chi connectivity index (χ0n) is 23.8. The van der Waals surface area contributed by atoms with Gasteiger partial charge >= 0.3 is 0 Å². The largest absolute Gasteiger partial charge is 0.489 e. The summed E-state index contributed by atoms with van der Waals surface area (Å²) in [6.07, 6.45) is 6.12. The van der Waals surface area contributed by atoms with Gasteiger partial charge in [0.1, 0.15) is 23.6 Å². The predicted octanol–water partition coefficient (Wildman–Crippen LogP) is 3.92. The molecule has 3 aliphatic heterocycles. The second-order valence-electron chi connectivity index (χ2n) is 13.1. The molecule has 8 heteroatoms. The van der Waals surface area contributed by atoms with Crippen LogP contribution in [0.1, 0.15) is 46.1 Å². The lowest BCUT2D eigenvalue weighted by Crippen LogP contribution is -2.75. The number of piperazine rings is 1. The van der Waals surface area contributed by atoms with Crippen LogP contribution >= 0.6 is 11.6 Å². The van der Waals surface area contributed by atoms with Crippen molar-refractivity contribution in [3.63, 3.8) is 0 Å². The third-order valence-electron chi connectivity index (χ3n) is 9.71. The molecule has 7 nitrogen and oxygen atoms in total. The van der Waals surface area contributed by atoms with Gasteiger partial charge in [0.25, 0.3) is 0 Å². The lowest BCUT2D eigenvalue weighted by molar-refractivity contribution is -0.208. The Bertz CT molecular complexity index is 1340. The highest BCUT2D eigenvalue weighted by Gasteiger charge is 2.67. The van der Waals surface area contributed by atoms with Gasteiger partial charge in [0.05, 0.1) is 22.5 Å². The van der Waals surface area contributed by atoms with Gasteiger partial charge in [-0.05, 0) is 37.0 Å². The van der Waals surface area contributed by atoms with Gasteiger partial charge in [-0.1, -0.05) is 51.3 Å². The number of allylic oxidation sites excluding steroid dienone is 1. The summed E-state index contributed by atoms with van der Waals surface area (Å²) in [5.41, 5.74) is 0.657. The van der Waals surface area contributed by atoms with E-state index in [9.17, 15) is 10.1 Å². The van der Waals surface area contributed by atoms with Crippen LogP contribution in [0, 0.1) is 45.8 Å². The Morgan fingerprint density at radius 3 is 2.55 bits per heavy atom. The van der Waals surface area contributed by atoms with Gasteiger partial charge in [0.2, 0.25) is 5.91 Å². The summed E-state index contributed by atoms with van der Waals surface area (Å²) in [6, 6.07) is 7.84. The average molecular weight is 560 g/mol. The second kappa shape index (κ2) is 10.2. The van der Waals surface area contributed by atoms with Gasteiger partial charge in [-0.2, -0.15) is 5.26 Å². The van der Waals surface area contributed by atoms with Crippen LogP contribution in [-0.2, 0) is 4.79 Å². The van der Waals surface area contributed by atoms with E-state index in [1.165, 1.54) is 0 Å². The van der Waals surface area contributed by atoms with Crippen molar-refractivity contribution >= 4 is 23.2 Å². The van der Waals surface area contributed by atoms with E-state index in [4.69, 9.17) is 21.3 Å². The molecule has 0 aromatic heterocycles. The Morgan fingerprint density at radius 2 is 1.88 bits per heavy atom. The fourth-order valence-electron chi connectivity index (χ4n) is 8.05. The molecule has 0 spiro atoms. The van der Waals surface area contributed by atoms with Gasteiger partial charge in [0.15, 0.2) is 0 Å². The summed E-state index contributed by atoms with van der Waals surface area (Å²) in [7, 11) is 0. The summed E-state index contributed by atoms with van der Waals surface area (Å²) in [5, 5.41) is 13.0. The van der Waals surface area contributed by atoms with Crippen LogP contribution in [0.4, 0.5) is 0 Å². The fraction of sp³-hybridized carbons (Fsp3) is 0.594. The van der Waals surface area contributed by atoms with E-state index in [0.717, 1.165) is 44.7 Å². The number of benzene rings is 1. The van der Waals surface area contributed by atoms with Crippen molar-refractivity contribution in [3.05, 3.63) is 40.9 Å². The summed E-state index contributed by atoms with van der Waals surface area (Å²) in [6.45, 7) is 13.7. The summed E-state index contributed by atoms with van der Waals surface area (Å²) in [4.78, 5) is 23.2. The molecule has 1 aromatic rings. The molecule has 210 valence electrons. The summed E-state index contributed by atoms with van der Waals surface area (Å²) >= 11 is 6.25. The number of rotatable bonds is 4. The molecule has 0 radical (unpaired) electrons. The number of halogens is 1. The van der Waals surface area contributed by atoms with E-state index in [1.54, 1.807) is 18.2 Å². The first-order chi connectivity index (χ1) is 19.1. The zero-order valence-corrected chi connectivity index (χ0v) is 24.5. The van der Waals surface area contributed by atoms with Gasteiger partial charge < -0.3 is 15.0 Å². The lowest BCUT2D eigenvalue weighted by Gasteiger charge is -2.65. The summed E-state index contributed by atoms with van der Waals surface area (Å²) in [5.74, 6) is 7.77. The average Bonchev–Trinajstić information content (AvgIpc) is 3.21. The molecule has 5 aliphatic rings. The van der Waals surface area contributed by atoms with Crippen LogP contribution in [-0.4, -0.2) is 78.4 Å². The molecule has 2 atom stereocenters. The molecule has 40 heavy (non-hydrogen) atoms. The molecule has 1 amide bonds. The zero-order chi connectivity index (χ0) is 28.2. The molecule has 4 fully saturated rings. The van der Waals surface area contributed by atoms with Crippen molar-refractivity contribution in [3.8, 4) is 23.7 Å². The monoisotopic (exact) mass is 559 g/mol. The molecule has 3 heterocycles. The lowest BCUT2D eigenvalue weighted by atomic mass is 9.49. The van der Waals surface area contributed by atoms with Crippen LogP contribution in [0.5, 0.6) is 5.75 Å². The standard InChI is InChI=1S/C32H38ClN5O2/c1-31(2)29(32(3,4)30(31)40-24-9-6-21(18-34)26(33)17-24)38-19-27-25(28(38)39)10-8-22(36-27)7-5-20-15-23(16-20)37-13-11-35-12-14-37/h6,8-10,17,20,23,25,27,29-30,35H,11-16,19H2,1-4H3. The number of carbonyl (C=O) groups excluding carboxylic acids is 1. The molecule has 6 rings (SSSR count). The maximum Gasteiger partial charge on any atom is 0.232 e. The highest BCUT2D eigenvalue weighted by atomic mass is 35.5. The number of fused-ring (bicyclic) bond motifs is 1. The number of nitrogens with one attached hydrogen (secondary N) is 1.